The van der Waals surface area contributed by atoms with Gasteiger partial charge in [-0.2, -0.15) is 0 Å². The van der Waals surface area contributed by atoms with E-state index >= 15 is 0 Å². The highest BCUT2D eigenvalue weighted by molar-refractivity contribution is 5.79. The molecule has 24 heavy (non-hydrogen) atoms. The molecule has 2 saturated carbocycles. The largest absolute Gasteiger partial charge is 0.353 e. The van der Waals surface area contributed by atoms with Gasteiger partial charge < -0.3 is 10.2 Å². The van der Waals surface area contributed by atoms with E-state index < -0.39 is 0 Å². The molecule has 2 aliphatic carbocycles. The lowest BCUT2D eigenvalue weighted by molar-refractivity contribution is -0.137. The van der Waals surface area contributed by atoms with Crippen LogP contribution in [0.1, 0.15) is 89.9 Å². The fourth-order valence-corrected chi connectivity index (χ4v) is 5.02. The van der Waals surface area contributed by atoms with Gasteiger partial charge in [0.05, 0.1) is 0 Å². The van der Waals surface area contributed by atoms with Crippen LogP contribution in [0, 0.1) is 5.92 Å². The van der Waals surface area contributed by atoms with Crippen molar-refractivity contribution in [3.63, 3.8) is 0 Å². The standard InChI is InChI=1S/C20H34N2O2/c23-19(21-17-10-2-1-3-11-17)13-6-14-20(24)22-15-7-9-16-8-4-5-12-18(16)22/h16-18H,1-15H2,(H,21,23). The van der Waals surface area contributed by atoms with Crippen molar-refractivity contribution in [2.45, 2.75) is 102 Å². The lowest BCUT2D eigenvalue weighted by atomic mass is 9.78. The average Bonchev–Trinajstić information content (AvgIpc) is 2.62. The van der Waals surface area contributed by atoms with Gasteiger partial charge in [-0.3, -0.25) is 9.59 Å². The summed E-state index contributed by atoms with van der Waals surface area (Å²) in [6.45, 7) is 0.939. The molecular weight excluding hydrogens is 300 g/mol. The Morgan fingerprint density at radius 1 is 0.833 bits per heavy atom. The first-order valence-corrected chi connectivity index (χ1v) is 10.3. The summed E-state index contributed by atoms with van der Waals surface area (Å²) in [7, 11) is 0. The highest BCUT2D eigenvalue weighted by atomic mass is 16.2. The van der Waals surface area contributed by atoms with Crippen LogP contribution in [-0.4, -0.2) is 35.3 Å². The number of hydrogen-bond acceptors (Lipinski definition) is 2. The smallest absolute Gasteiger partial charge is 0.222 e. The number of likely N-dealkylation sites (tertiary alicyclic amines) is 1. The number of nitrogens with one attached hydrogen (secondary N) is 1. The maximum atomic E-state index is 12.6. The zero-order chi connectivity index (χ0) is 16.8. The van der Waals surface area contributed by atoms with Gasteiger partial charge in [0.25, 0.3) is 0 Å². The quantitative estimate of drug-likeness (QED) is 0.831. The van der Waals surface area contributed by atoms with Gasteiger partial charge in [-0.05, 0) is 50.9 Å². The second kappa shape index (κ2) is 8.87. The molecule has 0 aromatic heterocycles. The average molecular weight is 335 g/mol. The third-order valence-electron chi connectivity index (χ3n) is 6.33. The van der Waals surface area contributed by atoms with E-state index in [-0.39, 0.29) is 11.8 Å². The van der Waals surface area contributed by atoms with Gasteiger partial charge in [0, 0.05) is 31.5 Å². The molecule has 4 heteroatoms. The number of amides is 2. The molecule has 0 spiro atoms. The van der Waals surface area contributed by atoms with Crippen LogP contribution in [-0.2, 0) is 9.59 Å². The molecular formula is C20H34N2O2. The van der Waals surface area contributed by atoms with E-state index in [0.717, 1.165) is 31.7 Å². The van der Waals surface area contributed by atoms with Crippen LogP contribution >= 0.6 is 0 Å². The highest BCUT2D eigenvalue weighted by Crippen LogP contribution is 2.35. The van der Waals surface area contributed by atoms with Gasteiger partial charge in [0.2, 0.25) is 11.8 Å². The highest BCUT2D eigenvalue weighted by Gasteiger charge is 2.35. The van der Waals surface area contributed by atoms with Gasteiger partial charge in [-0.25, -0.2) is 0 Å². The maximum absolute atomic E-state index is 12.6. The van der Waals surface area contributed by atoms with E-state index in [1.165, 1.54) is 51.4 Å². The molecule has 4 nitrogen and oxygen atoms in total. The topological polar surface area (TPSA) is 49.4 Å². The Morgan fingerprint density at radius 3 is 2.38 bits per heavy atom. The van der Waals surface area contributed by atoms with Gasteiger partial charge in [0.1, 0.15) is 0 Å². The fraction of sp³-hybridized carbons (Fsp3) is 0.900. The Kier molecular flexibility index (Phi) is 6.56. The number of piperidine rings is 1. The Hall–Kier alpha value is -1.06. The Balaban J connectivity index is 1.37. The number of carbonyl (C=O) groups excluding carboxylic acids is 2. The summed E-state index contributed by atoms with van der Waals surface area (Å²) in [5.41, 5.74) is 0. The van der Waals surface area contributed by atoms with Crippen LogP contribution in [0.3, 0.4) is 0 Å². The molecule has 3 fully saturated rings. The van der Waals surface area contributed by atoms with Gasteiger partial charge >= 0.3 is 0 Å². The minimum Gasteiger partial charge on any atom is -0.353 e. The van der Waals surface area contributed by atoms with Crippen molar-refractivity contribution in [1.82, 2.24) is 10.2 Å². The van der Waals surface area contributed by atoms with E-state index in [1.807, 2.05) is 0 Å². The fourth-order valence-electron chi connectivity index (χ4n) is 5.02. The minimum absolute atomic E-state index is 0.142. The van der Waals surface area contributed by atoms with Crippen molar-refractivity contribution in [2.75, 3.05) is 6.54 Å². The molecule has 0 aromatic rings. The Bertz CT molecular complexity index is 429. The van der Waals surface area contributed by atoms with E-state index in [0.29, 0.717) is 31.3 Å². The van der Waals surface area contributed by atoms with Crippen molar-refractivity contribution in [3.8, 4) is 0 Å². The molecule has 1 N–H and O–H groups in total. The molecule has 3 aliphatic rings. The molecule has 1 saturated heterocycles. The Labute approximate surface area is 146 Å². The van der Waals surface area contributed by atoms with Crippen LogP contribution in [0.4, 0.5) is 0 Å². The SMILES string of the molecule is O=C(CCCC(=O)N1CCCC2CCCCC21)NC1CCCCC1. The molecule has 0 bridgehead atoms. The molecule has 1 aliphatic heterocycles. The zero-order valence-corrected chi connectivity index (χ0v) is 15.1. The number of carbonyl (C=O) groups is 2. The first-order chi connectivity index (χ1) is 11.7. The molecule has 0 aromatic carbocycles. The normalized spacial score (nSPS) is 28.2. The third kappa shape index (κ3) is 4.73. The molecule has 1 heterocycles. The summed E-state index contributed by atoms with van der Waals surface area (Å²) in [5, 5.41) is 3.15. The van der Waals surface area contributed by atoms with Crippen LogP contribution in [0.25, 0.3) is 0 Å². The van der Waals surface area contributed by atoms with Crippen LogP contribution < -0.4 is 5.32 Å². The summed E-state index contributed by atoms with van der Waals surface area (Å²) in [4.78, 5) is 26.8. The van der Waals surface area contributed by atoms with Gasteiger partial charge in [0.15, 0.2) is 0 Å². The summed E-state index contributed by atoms with van der Waals surface area (Å²) >= 11 is 0. The van der Waals surface area contributed by atoms with E-state index in [4.69, 9.17) is 0 Å². The molecule has 136 valence electrons. The van der Waals surface area contributed by atoms with Crippen molar-refractivity contribution in [3.05, 3.63) is 0 Å². The van der Waals surface area contributed by atoms with Crippen molar-refractivity contribution >= 4 is 11.8 Å². The molecule has 0 radical (unpaired) electrons. The lowest BCUT2D eigenvalue weighted by Crippen LogP contribution is -2.49. The van der Waals surface area contributed by atoms with E-state index in [9.17, 15) is 9.59 Å². The van der Waals surface area contributed by atoms with Gasteiger partial charge in [-0.1, -0.05) is 32.1 Å². The van der Waals surface area contributed by atoms with Crippen molar-refractivity contribution in [2.24, 2.45) is 5.92 Å². The monoisotopic (exact) mass is 334 g/mol. The predicted molar refractivity (Wildman–Crippen MR) is 95.6 cm³/mol. The minimum atomic E-state index is 0.142. The van der Waals surface area contributed by atoms with Gasteiger partial charge in [-0.15, -0.1) is 0 Å². The second-order valence-electron chi connectivity index (χ2n) is 8.10. The molecule has 2 amide bonds. The van der Waals surface area contributed by atoms with E-state index in [1.54, 1.807) is 0 Å². The summed E-state index contributed by atoms with van der Waals surface area (Å²) in [6.07, 6.45) is 15.4. The molecule has 2 atom stereocenters. The Morgan fingerprint density at radius 2 is 1.54 bits per heavy atom. The zero-order valence-electron chi connectivity index (χ0n) is 15.1. The number of nitrogens with zero attached hydrogens (tertiary/aromatic N) is 1. The number of rotatable bonds is 5. The lowest BCUT2D eigenvalue weighted by Gasteiger charge is -2.44. The van der Waals surface area contributed by atoms with Crippen molar-refractivity contribution in [1.29, 1.82) is 0 Å². The maximum Gasteiger partial charge on any atom is 0.222 e. The third-order valence-corrected chi connectivity index (χ3v) is 6.33. The number of fused-ring (bicyclic) bond motifs is 1. The summed E-state index contributed by atoms with van der Waals surface area (Å²) in [6, 6.07) is 0.878. The molecule has 2 unspecified atom stereocenters. The van der Waals surface area contributed by atoms with Crippen molar-refractivity contribution < 1.29 is 9.59 Å². The van der Waals surface area contributed by atoms with E-state index in [2.05, 4.69) is 10.2 Å². The first-order valence-electron chi connectivity index (χ1n) is 10.3. The number of hydrogen-bond donors (Lipinski definition) is 1. The summed E-state index contributed by atoms with van der Waals surface area (Å²) < 4.78 is 0. The van der Waals surface area contributed by atoms with Crippen LogP contribution in [0.5, 0.6) is 0 Å². The summed E-state index contributed by atoms with van der Waals surface area (Å²) in [5.74, 6) is 1.17. The first kappa shape index (κ1) is 17.8. The van der Waals surface area contributed by atoms with Crippen LogP contribution in [0.2, 0.25) is 0 Å². The molecule has 3 rings (SSSR count). The predicted octanol–water partition coefficient (Wildman–Crippen LogP) is 3.79. The van der Waals surface area contributed by atoms with Crippen LogP contribution in [0.15, 0.2) is 0 Å². The second-order valence-corrected chi connectivity index (χ2v) is 8.10.